The molecule has 0 aliphatic carbocycles. The van der Waals surface area contributed by atoms with Crippen molar-refractivity contribution in [3.05, 3.63) is 0 Å². The molecule has 1 amide bonds. The number of carbonyl (C=O) groups excluding carboxylic acids is 1. The largest absolute Gasteiger partial charge is 0.364 e. The first-order chi connectivity index (χ1) is 7.50. The van der Waals surface area contributed by atoms with Gasteiger partial charge in [0.2, 0.25) is 0 Å². The molecular formula is C12H24N2O2. The van der Waals surface area contributed by atoms with E-state index in [9.17, 15) is 4.79 Å². The minimum absolute atomic E-state index is 0.0892. The summed E-state index contributed by atoms with van der Waals surface area (Å²) in [6.07, 6.45) is 1.81. The number of likely N-dealkylation sites (N-methyl/N-ethyl adjacent to an activating group) is 1. The van der Waals surface area contributed by atoms with Crippen molar-refractivity contribution >= 4 is 5.91 Å². The lowest BCUT2D eigenvalue weighted by atomic mass is 10.1. The summed E-state index contributed by atoms with van der Waals surface area (Å²) in [6, 6.07) is 0. The first-order valence-corrected chi connectivity index (χ1v) is 6.08. The zero-order chi connectivity index (χ0) is 12.1. The summed E-state index contributed by atoms with van der Waals surface area (Å²) in [7, 11) is 3.55. The van der Waals surface area contributed by atoms with Crippen molar-refractivity contribution in [2.45, 2.75) is 38.9 Å². The first-order valence-electron chi connectivity index (χ1n) is 6.08. The van der Waals surface area contributed by atoms with Crippen LogP contribution in [0.2, 0.25) is 0 Å². The van der Waals surface area contributed by atoms with Crippen LogP contribution in [0, 0.1) is 5.92 Å². The Bertz CT molecular complexity index is 229. The Morgan fingerprint density at radius 2 is 2.12 bits per heavy atom. The maximum atomic E-state index is 11.7. The van der Waals surface area contributed by atoms with Gasteiger partial charge in [-0.25, -0.2) is 0 Å². The van der Waals surface area contributed by atoms with Crippen molar-refractivity contribution in [3.63, 3.8) is 0 Å². The molecule has 0 radical (unpaired) electrons. The first kappa shape index (κ1) is 13.5. The molecule has 1 aliphatic heterocycles. The van der Waals surface area contributed by atoms with Crippen molar-refractivity contribution in [1.29, 1.82) is 0 Å². The maximum absolute atomic E-state index is 11.7. The third-order valence-corrected chi connectivity index (χ3v) is 2.75. The van der Waals surface area contributed by atoms with Gasteiger partial charge in [-0.2, -0.15) is 0 Å². The molecule has 1 saturated heterocycles. The van der Waals surface area contributed by atoms with E-state index < -0.39 is 0 Å². The van der Waals surface area contributed by atoms with E-state index in [1.807, 2.05) is 0 Å². The second kappa shape index (κ2) is 6.21. The van der Waals surface area contributed by atoms with Gasteiger partial charge in [0.25, 0.3) is 5.91 Å². The topological polar surface area (TPSA) is 41.6 Å². The molecule has 16 heavy (non-hydrogen) atoms. The van der Waals surface area contributed by atoms with E-state index in [0.29, 0.717) is 5.92 Å². The molecule has 0 aromatic carbocycles. The predicted molar refractivity (Wildman–Crippen MR) is 64.3 cm³/mol. The van der Waals surface area contributed by atoms with Crippen LogP contribution in [0.15, 0.2) is 0 Å². The quantitative estimate of drug-likeness (QED) is 0.759. The molecule has 2 unspecified atom stereocenters. The van der Waals surface area contributed by atoms with Crippen molar-refractivity contribution in [2.24, 2.45) is 5.92 Å². The standard InChI is InChI=1S/C12H24N2O2/c1-9(2)7-13-8-10-5-6-11(16-10)12(15)14(3)4/h9-11,13H,5-8H2,1-4H3. The molecule has 1 N–H and O–H groups in total. The van der Waals surface area contributed by atoms with Crippen LogP contribution in [0.5, 0.6) is 0 Å². The summed E-state index contributed by atoms with van der Waals surface area (Å²) < 4.78 is 5.71. The highest BCUT2D eigenvalue weighted by Crippen LogP contribution is 2.20. The fraction of sp³-hybridized carbons (Fsp3) is 0.917. The average molecular weight is 228 g/mol. The molecule has 1 heterocycles. The molecule has 0 aromatic heterocycles. The zero-order valence-corrected chi connectivity index (χ0v) is 10.8. The van der Waals surface area contributed by atoms with Gasteiger partial charge in [0.1, 0.15) is 6.10 Å². The van der Waals surface area contributed by atoms with E-state index in [1.54, 1.807) is 19.0 Å². The van der Waals surface area contributed by atoms with Crippen LogP contribution >= 0.6 is 0 Å². The average Bonchev–Trinajstić information content (AvgIpc) is 2.64. The highest BCUT2D eigenvalue weighted by Gasteiger charge is 2.31. The molecule has 4 nitrogen and oxygen atoms in total. The SMILES string of the molecule is CC(C)CNCC1CCC(C(=O)N(C)C)O1. The van der Waals surface area contributed by atoms with Crippen LogP contribution in [0.4, 0.5) is 0 Å². The summed E-state index contributed by atoms with van der Waals surface area (Å²) in [5, 5.41) is 3.37. The Hall–Kier alpha value is -0.610. The number of amides is 1. The monoisotopic (exact) mass is 228 g/mol. The molecule has 1 aliphatic rings. The van der Waals surface area contributed by atoms with E-state index in [-0.39, 0.29) is 18.1 Å². The normalized spacial score (nSPS) is 25.1. The molecule has 0 spiro atoms. The Kier molecular flexibility index (Phi) is 5.22. The Morgan fingerprint density at radius 3 is 2.69 bits per heavy atom. The third-order valence-electron chi connectivity index (χ3n) is 2.75. The van der Waals surface area contributed by atoms with Crippen LogP contribution in [0.3, 0.4) is 0 Å². The van der Waals surface area contributed by atoms with Gasteiger partial charge in [-0.05, 0) is 25.3 Å². The molecule has 1 rings (SSSR count). The van der Waals surface area contributed by atoms with E-state index >= 15 is 0 Å². The highest BCUT2D eigenvalue weighted by atomic mass is 16.5. The summed E-state index contributed by atoms with van der Waals surface area (Å²) in [5.74, 6) is 0.743. The molecule has 0 bridgehead atoms. The number of carbonyl (C=O) groups is 1. The molecular weight excluding hydrogens is 204 g/mol. The van der Waals surface area contributed by atoms with E-state index in [1.165, 1.54) is 0 Å². The van der Waals surface area contributed by atoms with Crippen LogP contribution in [0.25, 0.3) is 0 Å². The number of ether oxygens (including phenoxy) is 1. The minimum atomic E-state index is -0.221. The third kappa shape index (κ3) is 4.10. The Morgan fingerprint density at radius 1 is 1.44 bits per heavy atom. The molecule has 0 aromatic rings. The number of hydrogen-bond donors (Lipinski definition) is 1. The summed E-state index contributed by atoms with van der Waals surface area (Å²) >= 11 is 0. The molecule has 94 valence electrons. The summed E-state index contributed by atoms with van der Waals surface area (Å²) in [5.41, 5.74) is 0. The van der Waals surface area contributed by atoms with Gasteiger partial charge in [0.05, 0.1) is 6.10 Å². The van der Waals surface area contributed by atoms with Crippen LogP contribution < -0.4 is 5.32 Å². The van der Waals surface area contributed by atoms with Gasteiger partial charge in [0.15, 0.2) is 0 Å². The smallest absolute Gasteiger partial charge is 0.251 e. The summed E-state index contributed by atoms with van der Waals surface area (Å²) in [6.45, 7) is 6.23. The van der Waals surface area contributed by atoms with Gasteiger partial charge < -0.3 is 15.0 Å². The van der Waals surface area contributed by atoms with E-state index in [4.69, 9.17) is 4.74 Å². The number of rotatable bonds is 5. The molecule has 4 heteroatoms. The fourth-order valence-corrected chi connectivity index (χ4v) is 1.86. The maximum Gasteiger partial charge on any atom is 0.251 e. The number of nitrogens with zero attached hydrogens (tertiary/aromatic N) is 1. The second-order valence-electron chi connectivity index (χ2n) is 5.11. The fourth-order valence-electron chi connectivity index (χ4n) is 1.86. The van der Waals surface area contributed by atoms with Gasteiger partial charge in [0, 0.05) is 20.6 Å². The van der Waals surface area contributed by atoms with Crippen molar-refractivity contribution in [2.75, 3.05) is 27.2 Å². The van der Waals surface area contributed by atoms with Gasteiger partial charge in [-0.15, -0.1) is 0 Å². The number of nitrogens with one attached hydrogen (secondary N) is 1. The van der Waals surface area contributed by atoms with Crippen molar-refractivity contribution in [1.82, 2.24) is 10.2 Å². The minimum Gasteiger partial charge on any atom is -0.364 e. The molecule has 1 fully saturated rings. The van der Waals surface area contributed by atoms with Crippen LogP contribution in [0.1, 0.15) is 26.7 Å². The lowest BCUT2D eigenvalue weighted by Gasteiger charge is -2.17. The Labute approximate surface area is 98.3 Å². The predicted octanol–water partition coefficient (Wildman–Crippen LogP) is 0.868. The molecule has 0 saturated carbocycles. The summed E-state index contributed by atoms with van der Waals surface area (Å²) in [4.78, 5) is 13.3. The van der Waals surface area contributed by atoms with Crippen molar-refractivity contribution < 1.29 is 9.53 Å². The highest BCUT2D eigenvalue weighted by molar-refractivity contribution is 5.80. The lowest BCUT2D eigenvalue weighted by Crippen LogP contribution is -2.35. The lowest BCUT2D eigenvalue weighted by molar-refractivity contribution is -0.140. The molecule has 2 atom stereocenters. The van der Waals surface area contributed by atoms with Gasteiger partial charge in [-0.1, -0.05) is 13.8 Å². The number of hydrogen-bond acceptors (Lipinski definition) is 3. The van der Waals surface area contributed by atoms with E-state index in [2.05, 4.69) is 19.2 Å². The van der Waals surface area contributed by atoms with Gasteiger partial charge >= 0.3 is 0 Å². The van der Waals surface area contributed by atoms with Crippen LogP contribution in [-0.2, 0) is 9.53 Å². The second-order valence-corrected chi connectivity index (χ2v) is 5.11. The van der Waals surface area contributed by atoms with E-state index in [0.717, 1.165) is 25.9 Å². The Balaban J connectivity index is 2.22. The van der Waals surface area contributed by atoms with Crippen molar-refractivity contribution in [3.8, 4) is 0 Å². The van der Waals surface area contributed by atoms with Gasteiger partial charge in [-0.3, -0.25) is 4.79 Å². The zero-order valence-electron chi connectivity index (χ0n) is 10.8. The van der Waals surface area contributed by atoms with Crippen LogP contribution in [-0.4, -0.2) is 50.2 Å².